The van der Waals surface area contributed by atoms with E-state index in [9.17, 15) is 13.2 Å². The van der Waals surface area contributed by atoms with Crippen molar-refractivity contribution in [1.82, 2.24) is 0 Å². The summed E-state index contributed by atoms with van der Waals surface area (Å²) in [6.07, 6.45) is -4.32. The van der Waals surface area contributed by atoms with E-state index in [2.05, 4.69) is 0 Å². The van der Waals surface area contributed by atoms with Crippen LogP contribution in [0.3, 0.4) is 0 Å². The molecule has 3 aromatic carbocycles. The van der Waals surface area contributed by atoms with Crippen molar-refractivity contribution < 1.29 is 13.2 Å². The van der Waals surface area contributed by atoms with Crippen molar-refractivity contribution in [2.75, 3.05) is 5.73 Å². The second kappa shape index (κ2) is 3.88. The van der Waals surface area contributed by atoms with Crippen LogP contribution in [0.4, 0.5) is 18.9 Å². The fourth-order valence-corrected chi connectivity index (χ4v) is 2.19. The Labute approximate surface area is 107 Å². The van der Waals surface area contributed by atoms with Gasteiger partial charge in [-0.2, -0.15) is 13.2 Å². The molecule has 0 aliphatic heterocycles. The van der Waals surface area contributed by atoms with Crippen LogP contribution in [-0.4, -0.2) is 0 Å². The number of hydrogen-bond donors (Lipinski definition) is 1. The molecule has 0 heterocycles. The van der Waals surface area contributed by atoms with Crippen LogP contribution in [0.5, 0.6) is 0 Å². The zero-order chi connectivity index (χ0) is 13.6. The third-order valence-electron chi connectivity index (χ3n) is 3.15. The summed E-state index contributed by atoms with van der Waals surface area (Å²) >= 11 is 0. The predicted molar refractivity (Wildman–Crippen MR) is 70.9 cm³/mol. The smallest absolute Gasteiger partial charge is 0.399 e. The van der Waals surface area contributed by atoms with E-state index in [0.29, 0.717) is 11.1 Å². The minimum Gasteiger partial charge on any atom is -0.399 e. The van der Waals surface area contributed by atoms with E-state index in [1.54, 1.807) is 18.2 Å². The van der Waals surface area contributed by atoms with Gasteiger partial charge in [-0.15, -0.1) is 0 Å². The van der Waals surface area contributed by atoms with Gasteiger partial charge >= 0.3 is 6.18 Å². The summed E-state index contributed by atoms with van der Waals surface area (Å²) in [6.45, 7) is 0. The molecule has 0 amide bonds. The van der Waals surface area contributed by atoms with E-state index in [-0.39, 0.29) is 0 Å². The fourth-order valence-electron chi connectivity index (χ4n) is 2.19. The Bertz CT molecular complexity index is 775. The number of nitrogens with two attached hydrogens (primary N) is 1. The highest BCUT2D eigenvalue weighted by atomic mass is 19.4. The number of alkyl halides is 3. The summed E-state index contributed by atoms with van der Waals surface area (Å²) in [7, 11) is 0. The van der Waals surface area contributed by atoms with Crippen molar-refractivity contribution >= 4 is 27.2 Å². The number of rotatable bonds is 0. The maximum Gasteiger partial charge on any atom is 0.416 e. The van der Waals surface area contributed by atoms with E-state index in [1.165, 1.54) is 6.07 Å². The number of anilines is 1. The summed E-state index contributed by atoms with van der Waals surface area (Å²) in [4.78, 5) is 0. The highest BCUT2D eigenvalue weighted by molar-refractivity contribution is 5.99. The van der Waals surface area contributed by atoms with Gasteiger partial charge < -0.3 is 5.73 Å². The van der Waals surface area contributed by atoms with Crippen LogP contribution in [0, 0.1) is 0 Å². The van der Waals surface area contributed by atoms with Crippen LogP contribution in [0.2, 0.25) is 0 Å². The van der Waals surface area contributed by atoms with Gasteiger partial charge in [0.15, 0.2) is 0 Å². The Kier molecular flexibility index (Phi) is 2.42. The van der Waals surface area contributed by atoms with Gasteiger partial charge in [0.2, 0.25) is 0 Å². The van der Waals surface area contributed by atoms with E-state index in [4.69, 9.17) is 5.73 Å². The molecule has 96 valence electrons. The first kappa shape index (κ1) is 11.8. The molecule has 1 nitrogen and oxygen atoms in total. The maximum absolute atomic E-state index is 12.7. The molecule has 0 unspecified atom stereocenters. The molecular formula is C15H10F3N. The van der Waals surface area contributed by atoms with E-state index in [1.807, 2.05) is 12.1 Å². The fraction of sp³-hybridized carbons (Fsp3) is 0.0667. The topological polar surface area (TPSA) is 26.0 Å². The molecule has 0 aliphatic rings. The van der Waals surface area contributed by atoms with Crippen LogP contribution in [-0.2, 0) is 6.18 Å². The highest BCUT2D eigenvalue weighted by Crippen LogP contribution is 2.33. The van der Waals surface area contributed by atoms with Crippen LogP contribution in [0.15, 0.2) is 48.5 Å². The first-order valence-corrected chi connectivity index (χ1v) is 5.74. The zero-order valence-electron chi connectivity index (χ0n) is 9.83. The molecule has 0 saturated carbocycles. The monoisotopic (exact) mass is 261 g/mol. The first-order valence-electron chi connectivity index (χ1n) is 5.74. The average Bonchev–Trinajstić information content (AvgIpc) is 2.34. The largest absolute Gasteiger partial charge is 0.416 e. The van der Waals surface area contributed by atoms with Gasteiger partial charge in [-0.25, -0.2) is 0 Å². The third kappa shape index (κ3) is 2.10. The quantitative estimate of drug-likeness (QED) is 0.464. The van der Waals surface area contributed by atoms with Gasteiger partial charge in [-0.1, -0.05) is 12.1 Å². The molecule has 0 fully saturated rings. The maximum atomic E-state index is 12.7. The molecule has 19 heavy (non-hydrogen) atoms. The molecule has 0 atom stereocenters. The van der Waals surface area contributed by atoms with E-state index in [0.717, 1.165) is 28.3 Å². The second-order valence-electron chi connectivity index (χ2n) is 4.52. The predicted octanol–water partition coefficient (Wildman–Crippen LogP) is 4.59. The molecule has 3 aromatic rings. The lowest BCUT2D eigenvalue weighted by Crippen LogP contribution is -2.04. The van der Waals surface area contributed by atoms with Crippen LogP contribution in [0.25, 0.3) is 21.5 Å². The highest BCUT2D eigenvalue weighted by Gasteiger charge is 2.30. The van der Waals surface area contributed by atoms with Gasteiger partial charge in [-0.3, -0.25) is 0 Å². The lowest BCUT2D eigenvalue weighted by molar-refractivity contribution is -0.137. The summed E-state index contributed by atoms with van der Waals surface area (Å²) in [5, 5.41) is 3.14. The lowest BCUT2D eigenvalue weighted by atomic mass is 10.0. The molecule has 0 aromatic heterocycles. The minimum absolute atomic E-state index is 0.563. The summed E-state index contributed by atoms with van der Waals surface area (Å²) < 4.78 is 38.0. The second-order valence-corrected chi connectivity index (χ2v) is 4.52. The molecular weight excluding hydrogens is 251 g/mol. The molecule has 4 heteroatoms. The Hall–Kier alpha value is -2.23. The van der Waals surface area contributed by atoms with E-state index < -0.39 is 11.7 Å². The van der Waals surface area contributed by atoms with Crippen molar-refractivity contribution in [3.8, 4) is 0 Å². The molecule has 0 aliphatic carbocycles. The van der Waals surface area contributed by atoms with Crippen LogP contribution in [0.1, 0.15) is 5.56 Å². The SMILES string of the molecule is Nc1ccc2cc3ccc(C(F)(F)F)cc3cc2c1. The Morgan fingerprint density at radius 1 is 0.684 bits per heavy atom. The van der Waals surface area contributed by atoms with Crippen molar-refractivity contribution in [3.63, 3.8) is 0 Å². The molecule has 3 rings (SSSR count). The van der Waals surface area contributed by atoms with Crippen LogP contribution < -0.4 is 5.73 Å². The summed E-state index contributed by atoms with van der Waals surface area (Å²) in [6, 6.07) is 12.8. The van der Waals surface area contributed by atoms with Crippen LogP contribution >= 0.6 is 0 Å². The standard InChI is InChI=1S/C15H10F3N/c16-15(17,18)13-3-1-9-5-10-2-4-14(19)8-12(10)6-11(9)7-13/h1-8H,19H2. The molecule has 0 radical (unpaired) electrons. The Balaban J connectivity index is 2.30. The average molecular weight is 261 g/mol. The normalized spacial score (nSPS) is 12.2. The number of fused-ring (bicyclic) bond motifs is 2. The van der Waals surface area contributed by atoms with Gasteiger partial charge in [0, 0.05) is 5.69 Å². The van der Waals surface area contributed by atoms with E-state index >= 15 is 0 Å². The van der Waals surface area contributed by atoms with Gasteiger partial charge in [0.05, 0.1) is 5.56 Å². The Morgan fingerprint density at radius 3 is 1.95 bits per heavy atom. The van der Waals surface area contributed by atoms with Crippen molar-refractivity contribution in [3.05, 3.63) is 54.1 Å². The first-order chi connectivity index (χ1) is 8.93. The number of benzene rings is 3. The molecule has 0 spiro atoms. The Morgan fingerprint density at radius 2 is 1.26 bits per heavy atom. The van der Waals surface area contributed by atoms with Crippen molar-refractivity contribution in [1.29, 1.82) is 0 Å². The molecule has 0 bridgehead atoms. The van der Waals surface area contributed by atoms with Gasteiger partial charge in [-0.05, 0) is 57.9 Å². The lowest BCUT2D eigenvalue weighted by Gasteiger charge is -2.09. The van der Waals surface area contributed by atoms with Crippen molar-refractivity contribution in [2.45, 2.75) is 6.18 Å². The summed E-state index contributed by atoms with van der Waals surface area (Å²) in [5.74, 6) is 0. The van der Waals surface area contributed by atoms with Gasteiger partial charge in [0.1, 0.15) is 0 Å². The summed E-state index contributed by atoms with van der Waals surface area (Å²) in [5.41, 5.74) is 5.65. The molecule has 0 saturated heterocycles. The number of hydrogen-bond acceptors (Lipinski definition) is 1. The molecule has 2 N–H and O–H groups in total. The van der Waals surface area contributed by atoms with Gasteiger partial charge in [0.25, 0.3) is 0 Å². The number of halogens is 3. The minimum atomic E-state index is -4.32. The number of nitrogen functional groups attached to an aromatic ring is 1. The van der Waals surface area contributed by atoms with Crippen molar-refractivity contribution in [2.24, 2.45) is 0 Å². The third-order valence-corrected chi connectivity index (χ3v) is 3.15. The zero-order valence-corrected chi connectivity index (χ0v) is 9.83.